The summed E-state index contributed by atoms with van der Waals surface area (Å²) in [4.78, 5) is 25.8. The fourth-order valence-electron chi connectivity index (χ4n) is 2.79. The smallest absolute Gasteiger partial charge is 0.340 e. The zero-order valence-electron chi connectivity index (χ0n) is 15.4. The highest BCUT2D eigenvalue weighted by atomic mass is 19.4. The Balaban J connectivity index is 1.73. The predicted molar refractivity (Wildman–Crippen MR) is 91.0 cm³/mol. The molecule has 0 saturated carbocycles. The van der Waals surface area contributed by atoms with E-state index < -0.39 is 41.6 Å². The monoisotopic (exact) mass is 435 g/mol. The van der Waals surface area contributed by atoms with Gasteiger partial charge >= 0.3 is 12.2 Å². The van der Waals surface area contributed by atoms with Crippen molar-refractivity contribution >= 4 is 17.6 Å². The summed E-state index contributed by atoms with van der Waals surface area (Å²) in [5.74, 6) is -5.66. The molecule has 1 aromatic heterocycles. The molecule has 0 unspecified atom stereocenters. The van der Waals surface area contributed by atoms with Gasteiger partial charge in [0.15, 0.2) is 17.5 Å². The average molecular weight is 435 g/mol. The zero-order chi connectivity index (χ0) is 22.2. The first-order valence-electron chi connectivity index (χ1n) is 8.60. The summed E-state index contributed by atoms with van der Waals surface area (Å²) in [5, 5.41) is 7.96. The summed E-state index contributed by atoms with van der Waals surface area (Å²) in [5.41, 5.74) is -0.269. The number of benzene rings is 1. The third-order valence-corrected chi connectivity index (χ3v) is 4.48. The molecule has 7 nitrogen and oxygen atoms in total. The molecule has 1 aliphatic heterocycles. The maximum atomic E-state index is 13.3. The number of hydrogen-bond donors (Lipinski definition) is 2. The van der Waals surface area contributed by atoms with Crippen molar-refractivity contribution in [2.24, 2.45) is 0 Å². The van der Waals surface area contributed by atoms with Crippen molar-refractivity contribution in [3.63, 3.8) is 0 Å². The van der Waals surface area contributed by atoms with Crippen molar-refractivity contribution in [3.05, 3.63) is 47.0 Å². The van der Waals surface area contributed by atoms with E-state index in [2.05, 4.69) is 10.4 Å². The molecule has 1 aromatic carbocycles. The molecule has 1 aliphatic rings. The highest BCUT2D eigenvalue weighted by Gasteiger charge is 2.38. The molecular formula is C17H15F6N5O2. The molecule has 0 bridgehead atoms. The standard InChI is InChI=1S/C17H15F6N5O2/c1-8(17(21,22)23)25-15(29)10-6-24-28-3-2-27(7-13(10)28)16(30)26-9-4-11(18)14(20)12(19)5-9/h4-6,8H,2-3,7H2,1H3,(H,25,29)(H,26,30)/t8-/m1/s1. The third-order valence-electron chi connectivity index (χ3n) is 4.48. The van der Waals surface area contributed by atoms with E-state index in [0.717, 1.165) is 13.1 Å². The minimum atomic E-state index is -4.63. The Morgan fingerprint density at radius 2 is 1.77 bits per heavy atom. The van der Waals surface area contributed by atoms with Crippen molar-refractivity contribution in [2.45, 2.75) is 32.2 Å². The SMILES string of the molecule is C[C@@H](NC(=O)c1cnn2c1CN(C(=O)Nc1cc(F)c(F)c(F)c1)CC2)C(F)(F)F. The maximum Gasteiger partial charge on any atom is 0.408 e. The van der Waals surface area contributed by atoms with Gasteiger partial charge in [-0.05, 0) is 6.92 Å². The highest BCUT2D eigenvalue weighted by Crippen LogP contribution is 2.22. The number of rotatable bonds is 3. The van der Waals surface area contributed by atoms with Gasteiger partial charge in [0.25, 0.3) is 5.91 Å². The number of anilines is 1. The van der Waals surface area contributed by atoms with Crippen LogP contribution >= 0.6 is 0 Å². The van der Waals surface area contributed by atoms with Gasteiger partial charge in [0.05, 0.1) is 30.5 Å². The molecule has 0 spiro atoms. The van der Waals surface area contributed by atoms with Gasteiger partial charge in [-0.1, -0.05) is 0 Å². The number of carbonyl (C=O) groups is 2. The zero-order valence-corrected chi connectivity index (χ0v) is 15.4. The number of alkyl halides is 3. The Bertz CT molecular complexity index is 966. The van der Waals surface area contributed by atoms with Crippen LogP contribution in [0.5, 0.6) is 0 Å². The molecular weight excluding hydrogens is 420 g/mol. The van der Waals surface area contributed by atoms with Crippen LogP contribution in [-0.4, -0.2) is 45.4 Å². The number of fused-ring (bicyclic) bond motifs is 1. The number of nitrogens with zero attached hydrogens (tertiary/aromatic N) is 3. The molecule has 0 aliphatic carbocycles. The molecule has 0 fully saturated rings. The van der Waals surface area contributed by atoms with Crippen LogP contribution in [-0.2, 0) is 13.1 Å². The van der Waals surface area contributed by atoms with Gasteiger partial charge in [-0.15, -0.1) is 0 Å². The van der Waals surface area contributed by atoms with Gasteiger partial charge in [-0.25, -0.2) is 18.0 Å². The number of urea groups is 1. The largest absolute Gasteiger partial charge is 0.408 e. The summed E-state index contributed by atoms with van der Waals surface area (Å²) < 4.78 is 79.0. The van der Waals surface area contributed by atoms with Crippen molar-refractivity contribution in [3.8, 4) is 0 Å². The van der Waals surface area contributed by atoms with E-state index in [4.69, 9.17) is 0 Å². The van der Waals surface area contributed by atoms with Crippen LogP contribution in [0.25, 0.3) is 0 Å². The van der Waals surface area contributed by atoms with Crippen molar-refractivity contribution < 1.29 is 35.9 Å². The van der Waals surface area contributed by atoms with E-state index in [1.807, 2.05) is 5.32 Å². The fourth-order valence-corrected chi connectivity index (χ4v) is 2.79. The van der Waals surface area contributed by atoms with Gasteiger partial charge in [0, 0.05) is 24.4 Å². The number of amides is 3. The van der Waals surface area contributed by atoms with Gasteiger partial charge in [0.2, 0.25) is 0 Å². The molecule has 2 N–H and O–H groups in total. The first kappa shape index (κ1) is 21.5. The van der Waals surface area contributed by atoms with E-state index in [0.29, 0.717) is 12.1 Å². The van der Waals surface area contributed by atoms with Gasteiger partial charge in [-0.3, -0.25) is 9.48 Å². The molecule has 2 aromatic rings. The second kappa shape index (κ2) is 7.88. The normalized spacial score (nSPS) is 14.8. The van der Waals surface area contributed by atoms with Crippen molar-refractivity contribution in [2.75, 3.05) is 11.9 Å². The number of halogens is 6. The molecule has 1 atom stereocenters. The highest BCUT2D eigenvalue weighted by molar-refractivity contribution is 5.95. The first-order chi connectivity index (χ1) is 14.0. The topological polar surface area (TPSA) is 79.3 Å². The minimum Gasteiger partial charge on any atom is -0.340 e. The Kier molecular flexibility index (Phi) is 5.63. The lowest BCUT2D eigenvalue weighted by molar-refractivity contribution is -0.149. The van der Waals surface area contributed by atoms with Gasteiger partial charge < -0.3 is 15.5 Å². The summed E-state index contributed by atoms with van der Waals surface area (Å²) in [7, 11) is 0. The Morgan fingerprint density at radius 3 is 2.37 bits per heavy atom. The molecule has 0 radical (unpaired) electrons. The molecule has 13 heteroatoms. The number of aromatic nitrogens is 2. The molecule has 3 rings (SSSR count). The lowest BCUT2D eigenvalue weighted by atomic mass is 10.2. The van der Waals surface area contributed by atoms with E-state index in [1.54, 1.807) is 0 Å². The first-order valence-corrected chi connectivity index (χ1v) is 8.60. The lowest BCUT2D eigenvalue weighted by Crippen LogP contribution is -2.44. The van der Waals surface area contributed by atoms with Crippen LogP contribution in [0.4, 0.5) is 36.8 Å². The maximum absolute atomic E-state index is 13.3. The van der Waals surface area contributed by atoms with Crippen LogP contribution in [0, 0.1) is 17.5 Å². The number of nitrogens with one attached hydrogen (secondary N) is 2. The molecule has 162 valence electrons. The van der Waals surface area contributed by atoms with E-state index in [9.17, 15) is 35.9 Å². The third kappa shape index (κ3) is 4.33. The van der Waals surface area contributed by atoms with E-state index in [1.165, 1.54) is 9.58 Å². The summed E-state index contributed by atoms with van der Waals surface area (Å²) in [6.45, 7) is 0.833. The second-order valence-corrected chi connectivity index (χ2v) is 6.57. The molecule has 3 amide bonds. The Hall–Kier alpha value is -3.25. The Labute approximate surface area is 165 Å². The number of hydrogen-bond acceptors (Lipinski definition) is 3. The quantitative estimate of drug-likeness (QED) is 0.575. The van der Waals surface area contributed by atoms with Crippen LogP contribution < -0.4 is 10.6 Å². The summed E-state index contributed by atoms with van der Waals surface area (Å²) in [6.07, 6.45) is -3.53. The molecule has 0 saturated heterocycles. The molecule has 2 heterocycles. The van der Waals surface area contributed by atoms with Crippen LogP contribution in [0.1, 0.15) is 23.0 Å². The van der Waals surface area contributed by atoms with Gasteiger partial charge in [-0.2, -0.15) is 18.3 Å². The predicted octanol–water partition coefficient (Wildman–Crippen LogP) is 3.03. The van der Waals surface area contributed by atoms with Crippen LogP contribution in [0.2, 0.25) is 0 Å². The van der Waals surface area contributed by atoms with E-state index in [-0.39, 0.29) is 36.6 Å². The fraction of sp³-hybridized carbons (Fsp3) is 0.353. The number of carbonyl (C=O) groups excluding carboxylic acids is 2. The molecule has 30 heavy (non-hydrogen) atoms. The van der Waals surface area contributed by atoms with E-state index >= 15 is 0 Å². The van der Waals surface area contributed by atoms with Gasteiger partial charge in [0.1, 0.15) is 6.04 Å². The Morgan fingerprint density at radius 1 is 1.13 bits per heavy atom. The van der Waals surface area contributed by atoms with Crippen LogP contribution in [0.3, 0.4) is 0 Å². The van der Waals surface area contributed by atoms with Crippen molar-refractivity contribution in [1.82, 2.24) is 20.0 Å². The van der Waals surface area contributed by atoms with Crippen LogP contribution in [0.15, 0.2) is 18.3 Å². The average Bonchev–Trinajstić information content (AvgIpc) is 3.08. The lowest BCUT2D eigenvalue weighted by Gasteiger charge is -2.28. The summed E-state index contributed by atoms with van der Waals surface area (Å²) >= 11 is 0. The minimum absolute atomic E-state index is 0.104. The summed E-state index contributed by atoms with van der Waals surface area (Å²) in [6, 6.07) is -1.70. The second-order valence-electron chi connectivity index (χ2n) is 6.57. The van der Waals surface area contributed by atoms with Crippen molar-refractivity contribution in [1.29, 1.82) is 0 Å².